The zero-order chi connectivity index (χ0) is 9.68. The highest BCUT2D eigenvalue weighted by Gasteiger charge is 2.07. The van der Waals surface area contributed by atoms with Gasteiger partial charge in [0, 0.05) is 12.6 Å². The lowest BCUT2D eigenvalue weighted by molar-refractivity contribution is 0.0519. The van der Waals surface area contributed by atoms with Gasteiger partial charge in [0.25, 0.3) is 0 Å². The summed E-state index contributed by atoms with van der Waals surface area (Å²) in [5.74, 6) is 0.269. The Hall–Kier alpha value is -1.45. The first-order chi connectivity index (χ1) is 6.27. The number of rotatable bonds is 3. The van der Waals surface area contributed by atoms with E-state index in [0.717, 1.165) is 0 Å². The normalized spacial score (nSPS) is 9.69. The Kier molecular flexibility index (Phi) is 3.37. The maximum atomic E-state index is 11.2. The van der Waals surface area contributed by atoms with Gasteiger partial charge in [-0.1, -0.05) is 6.92 Å². The standard InChI is InChI=1S/C9H12N2O2/c1-3-8-10-6-5-7(11-8)9(12)13-4-2/h5-6H,3-4H2,1-2H3. The predicted molar refractivity (Wildman–Crippen MR) is 47.4 cm³/mol. The van der Waals surface area contributed by atoms with Gasteiger partial charge in [0.1, 0.15) is 5.82 Å². The van der Waals surface area contributed by atoms with Crippen LogP contribution in [0.1, 0.15) is 30.2 Å². The maximum Gasteiger partial charge on any atom is 0.357 e. The fourth-order valence-corrected chi connectivity index (χ4v) is 0.888. The third-order valence-corrected chi connectivity index (χ3v) is 1.51. The number of nitrogens with zero attached hydrogens (tertiary/aromatic N) is 2. The molecule has 0 atom stereocenters. The lowest BCUT2D eigenvalue weighted by Gasteiger charge is -2.01. The van der Waals surface area contributed by atoms with Crippen molar-refractivity contribution in [1.29, 1.82) is 0 Å². The molecule has 4 nitrogen and oxygen atoms in total. The number of ether oxygens (including phenoxy) is 1. The molecular formula is C9H12N2O2. The van der Waals surface area contributed by atoms with Crippen LogP contribution in [0.5, 0.6) is 0 Å². The van der Waals surface area contributed by atoms with Crippen LogP contribution in [0.2, 0.25) is 0 Å². The van der Waals surface area contributed by atoms with Crippen LogP contribution >= 0.6 is 0 Å². The highest BCUT2D eigenvalue weighted by molar-refractivity contribution is 5.87. The summed E-state index contributed by atoms with van der Waals surface area (Å²) in [6.45, 7) is 4.06. The molecule has 0 saturated heterocycles. The van der Waals surface area contributed by atoms with Gasteiger partial charge in [-0.15, -0.1) is 0 Å². The second kappa shape index (κ2) is 4.54. The maximum absolute atomic E-state index is 11.2. The zero-order valence-electron chi connectivity index (χ0n) is 7.78. The van der Waals surface area contributed by atoms with E-state index in [2.05, 4.69) is 9.97 Å². The number of carbonyl (C=O) groups excluding carboxylic acids is 1. The molecule has 0 N–H and O–H groups in total. The summed E-state index contributed by atoms with van der Waals surface area (Å²) in [6.07, 6.45) is 2.28. The van der Waals surface area contributed by atoms with Crippen molar-refractivity contribution in [2.45, 2.75) is 20.3 Å². The van der Waals surface area contributed by atoms with Gasteiger partial charge < -0.3 is 4.74 Å². The van der Waals surface area contributed by atoms with Crippen molar-refractivity contribution in [3.8, 4) is 0 Å². The molecule has 0 aliphatic heterocycles. The van der Waals surface area contributed by atoms with Gasteiger partial charge in [-0.2, -0.15) is 0 Å². The summed E-state index contributed by atoms with van der Waals surface area (Å²) in [6, 6.07) is 1.55. The first-order valence-corrected chi connectivity index (χ1v) is 4.27. The minimum Gasteiger partial charge on any atom is -0.461 e. The molecule has 1 aromatic heterocycles. The molecule has 0 radical (unpaired) electrons. The Balaban J connectivity index is 2.82. The summed E-state index contributed by atoms with van der Waals surface area (Å²) < 4.78 is 4.80. The third-order valence-electron chi connectivity index (χ3n) is 1.51. The smallest absolute Gasteiger partial charge is 0.357 e. The molecule has 0 aromatic carbocycles. The number of esters is 1. The Morgan fingerprint density at radius 1 is 1.54 bits per heavy atom. The lowest BCUT2D eigenvalue weighted by atomic mass is 10.4. The van der Waals surface area contributed by atoms with Gasteiger partial charge in [-0.05, 0) is 13.0 Å². The van der Waals surface area contributed by atoms with Crippen LogP contribution in [-0.4, -0.2) is 22.5 Å². The van der Waals surface area contributed by atoms with E-state index < -0.39 is 0 Å². The fourth-order valence-electron chi connectivity index (χ4n) is 0.888. The van der Waals surface area contributed by atoms with E-state index in [1.807, 2.05) is 6.92 Å². The van der Waals surface area contributed by atoms with Crippen LogP contribution in [0, 0.1) is 0 Å². The molecule has 0 aliphatic rings. The van der Waals surface area contributed by atoms with E-state index in [4.69, 9.17) is 4.74 Å². The van der Waals surface area contributed by atoms with Crippen molar-refractivity contribution < 1.29 is 9.53 Å². The first-order valence-electron chi connectivity index (χ1n) is 4.27. The van der Waals surface area contributed by atoms with Crippen LogP contribution in [0.3, 0.4) is 0 Å². The molecule has 0 amide bonds. The molecule has 0 fully saturated rings. The third kappa shape index (κ3) is 2.50. The molecular weight excluding hydrogens is 168 g/mol. The van der Waals surface area contributed by atoms with E-state index >= 15 is 0 Å². The number of aromatic nitrogens is 2. The van der Waals surface area contributed by atoms with Crippen molar-refractivity contribution in [2.75, 3.05) is 6.61 Å². The predicted octanol–water partition coefficient (Wildman–Crippen LogP) is 1.22. The second-order valence-corrected chi connectivity index (χ2v) is 2.43. The first kappa shape index (κ1) is 9.64. The molecule has 0 spiro atoms. The Morgan fingerprint density at radius 3 is 2.92 bits per heavy atom. The lowest BCUT2D eigenvalue weighted by Crippen LogP contribution is -2.08. The van der Waals surface area contributed by atoms with E-state index in [1.165, 1.54) is 0 Å². The van der Waals surface area contributed by atoms with E-state index in [9.17, 15) is 4.79 Å². The molecule has 1 aromatic rings. The topological polar surface area (TPSA) is 52.1 Å². The fraction of sp³-hybridized carbons (Fsp3) is 0.444. The molecule has 13 heavy (non-hydrogen) atoms. The summed E-state index contributed by atoms with van der Waals surface area (Å²) in [5, 5.41) is 0. The number of hydrogen-bond donors (Lipinski definition) is 0. The Labute approximate surface area is 77.0 Å². The SMILES string of the molecule is CCOC(=O)c1ccnc(CC)n1. The molecule has 0 saturated carbocycles. The van der Waals surface area contributed by atoms with Crippen LogP contribution < -0.4 is 0 Å². The number of aryl methyl sites for hydroxylation is 1. The highest BCUT2D eigenvalue weighted by Crippen LogP contribution is 1.98. The zero-order valence-corrected chi connectivity index (χ0v) is 7.78. The quantitative estimate of drug-likeness (QED) is 0.656. The van der Waals surface area contributed by atoms with E-state index in [0.29, 0.717) is 24.5 Å². The van der Waals surface area contributed by atoms with Gasteiger partial charge in [0.15, 0.2) is 5.69 Å². The summed E-state index contributed by atoms with van der Waals surface area (Å²) >= 11 is 0. The summed E-state index contributed by atoms with van der Waals surface area (Å²) in [5.41, 5.74) is 0.328. The number of hydrogen-bond acceptors (Lipinski definition) is 4. The minimum absolute atomic E-state index is 0.328. The van der Waals surface area contributed by atoms with Gasteiger partial charge in [0.05, 0.1) is 6.61 Å². The van der Waals surface area contributed by atoms with Crippen molar-refractivity contribution in [1.82, 2.24) is 9.97 Å². The van der Waals surface area contributed by atoms with Gasteiger partial charge in [-0.25, -0.2) is 14.8 Å². The van der Waals surface area contributed by atoms with Gasteiger partial charge in [0.2, 0.25) is 0 Å². The Bertz CT molecular complexity index is 299. The average Bonchev–Trinajstić information content (AvgIpc) is 2.18. The molecule has 0 aliphatic carbocycles. The van der Waals surface area contributed by atoms with E-state index in [-0.39, 0.29) is 5.97 Å². The van der Waals surface area contributed by atoms with E-state index in [1.54, 1.807) is 19.2 Å². The number of carbonyl (C=O) groups is 1. The minimum atomic E-state index is -0.389. The van der Waals surface area contributed by atoms with Crippen LogP contribution in [-0.2, 0) is 11.2 Å². The molecule has 0 bridgehead atoms. The van der Waals surface area contributed by atoms with Crippen LogP contribution in [0.25, 0.3) is 0 Å². The summed E-state index contributed by atoms with van der Waals surface area (Å²) in [7, 11) is 0. The highest BCUT2D eigenvalue weighted by atomic mass is 16.5. The average molecular weight is 180 g/mol. The molecule has 1 heterocycles. The molecule has 1 rings (SSSR count). The van der Waals surface area contributed by atoms with Gasteiger partial charge in [-0.3, -0.25) is 0 Å². The van der Waals surface area contributed by atoms with Crippen molar-refractivity contribution in [3.05, 3.63) is 23.8 Å². The van der Waals surface area contributed by atoms with Crippen LogP contribution in [0.4, 0.5) is 0 Å². The molecule has 70 valence electrons. The van der Waals surface area contributed by atoms with Gasteiger partial charge >= 0.3 is 5.97 Å². The van der Waals surface area contributed by atoms with Crippen molar-refractivity contribution in [2.24, 2.45) is 0 Å². The Morgan fingerprint density at radius 2 is 2.31 bits per heavy atom. The van der Waals surface area contributed by atoms with Crippen molar-refractivity contribution >= 4 is 5.97 Å². The van der Waals surface area contributed by atoms with Crippen LogP contribution in [0.15, 0.2) is 12.3 Å². The van der Waals surface area contributed by atoms with Crippen molar-refractivity contribution in [3.63, 3.8) is 0 Å². The second-order valence-electron chi connectivity index (χ2n) is 2.43. The largest absolute Gasteiger partial charge is 0.461 e. The molecule has 0 unspecified atom stereocenters. The molecule has 4 heteroatoms. The monoisotopic (exact) mass is 180 g/mol. The summed E-state index contributed by atoms with van der Waals surface area (Å²) in [4.78, 5) is 19.2.